The van der Waals surface area contributed by atoms with E-state index in [1.807, 2.05) is 26.0 Å². The van der Waals surface area contributed by atoms with Gasteiger partial charge in [0.15, 0.2) is 0 Å². The van der Waals surface area contributed by atoms with Gasteiger partial charge < -0.3 is 10.1 Å². The van der Waals surface area contributed by atoms with Gasteiger partial charge in [0.25, 0.3) is 0 Å². The quantitative estimate of drug-likeness (QED) is 0.817. The number of ether oxygens (including phenoxy) is 1. The van der Waals surface area contributed by atoms with Gasteiger partial charge >= 0.3 is 0 Å². The maximum absolute atomic E-state index is 5.59. The van der Waals surface area contributed by atoms with Crippen molar-refractivity contribution in [3.8, 4) is 5.75 Å². The highest BCUT2D eigenvalue weighted by Gasteiger charge is 1.99. The molecule has 96 valence electrons. The third kappa shape index (κ3) is 3.85. The third-order valence-corrected chi connectivity index (χ3v) is 2.38. The Bertz CT molecular complexity index is 450. The van der Waals surface area contributed by atoms with E-state index in [9.17, 15) is 0 Å². The zero-order chi connectivity index (χ0) is 12.8. The highest BCUT2D eigenvalue weighted by atomic mass is 16.5. The number of aromatic amines is 1. The van der Waals surface area contributed by atoms with Crippen LogP contribution in [0.2, 0.25) is 0 Å². The number of nitrogens with zero attached hydrogens (tertiary/aromatic N) is 2. The van der Waals surface area contributed by atoms with Gasteiger partial charge in [-0.15, -0.1) is 0 Å². The topological polar surface area (TPSA) is 62.8 Å². The fourth-order valence-electron chi connectivity index (χ4n) is 1.60. The van der Waals surface area contributed by atoms with Crippen molar-refractivity contribution in [3.05, 3.63) is 42.0 Å². The van der Waals surface area contributed by atoms with Gasteiger partial charge in [-0.3, -0.25) is 5.10 Å². The molecule has 0 aliphatic carbocycles. The van der Waals surface area contributed by atoms with Crippen LogP contribution in [-0.4, -0.2) is 21.3 Å². The predicted molar refractivity (Wildman–Crippen MR) is 69.1 cm³/mol. The SMILES string of the molecule is CC(C)Oc1ccc(CNCc2ncn[nH]2)cc1. The van der Waals surface area contributed by atoms with Crippen molar-refractivity contribution in [1.82, 2.24) is 20.5 Å². The van der Waals surface area contributed by atoms with Crippen LogP contribution in [-0.2, 0) is 13.1 Å². The Kier molecular flexibility index (Phi) is 4.30. The molecule has 2 N–H and O–H groups in total. The third-order valence-electron chi connectivity index (χ3n) is 2.38. The molecule has 0 fully saturated rings. The molecule has 0 saturated carbocycles. The van der Waals surface area contributed by atoms with E-state index in [0.29, 0.717) is 6.54 Å². The number of H-pyrrole nitrogens is 1. The minimum Gasteiger partial charge on any atom is -0.491 e. The number of nitrogens with one attached hydrogen (secondary N) is 2. The zero-order valence-corrected chi connectivity index (χ0v) is 10.7. The Hall–Kier alpha value is -1.88. The molecule has 0 spiro atoms. The zero-order valence-electron chi connectivity index (χ0n) is 10.7. The van der Waals surface area contributed by atoms with Gasteiger partial charge in [-0.2, -0.15) is 5.10 Å². The number of aromatic nitrogens is 3. The standard InChI is InChI=1S/C13H18N4O/c1-10(2)18-12-5-3-11(4-6-12)7-14-8-13-15-9-16-17-13/h3-6,9-10,14H,7-8H2,1-2H3,(H,15,16,17). The molecule has 0 saturated heterocycles. The average Bonchev–Trinajstić information content (AvgIpc) is 2.84. The predicted octanol–water partition coefficient (Wildman–Crippen LogP) is 1.88. The van der Waals surface area contributed by atoms with E-state index < -0.39 is 0 Å². The molecule has 0 bridgehead atoms. The first-order valence-corrected chi connectivity index (χ1v) is 6.04. The summed E-state index contributed by atoms with van der Waals surface area (Å²) >= 11 is 0. The second kappa shape index (κ2) is 6.16. The largest absolute Gasteiger partial charge is 0.491 e. The molecular weight excluding hydrogens is 228 g/mol. The lowest BCUT2D eigenvalue weighted by molar-refractivity contribution is 0.242. The minimum absolute atomic E-state index is 0.209. The Balaban J connectivity index is 1.79. The molecule has 2 aromatic rings. The minimum atomic E-state index is 0.209. The Morgan fingerprint density at radius 1 is 1.22 bits per heavy atom. The van der Waals surface area contributed by atoms with Crippen molar-refractivity contribution < 1.29 is 4.74 Å². The molecule has 5 nitrogen and oxygen atoms in total. The summed E-state index contributed by atoms with van der Waals surface area (Å²) in [4.78, 5) is 4.05. The average molecular weight is 246 g/mol. The van der Waals surface area contributed by atoms with Crippen molar-refractivity contribution in [3.63, 3.8) is 0 Å². The lowest BCUT2D eigenvalue weighted by atomic mass is 10.2. The Labute approximate surface area is 107 Å². The van der Waals surface area contributed by atoms with Crippen molar-refractivity contribution in [2.45, 2.75) is 33.0 Å². The van der Waals surface area contributed by atoms with E-state index in [0.717, 1.165) is 18.1 Å². The lowest BCUT2D eigenvalue weighted by Gasteiger charge is -2.10. The molecule has 1 heterocycles. The molecule has 0 amide bonds. The summed E-state index contributed by atoms with van der Waals surface area (Å²) in [6.07, 6.45) is 1.72. The summed E-state index contributed by atoms with van der Waals surface area (Å²) in [6.45, 7) is 5.52. The second-order valence-electron chi connectivity index (χ2n) is 4.35. The molecule has 0 aliphatic rings. The highest BCUT2D eigenvalue weighted by Crippen LogP contribution is 2.13. The highest BCUT2D eigenvalue weighted by molar-refractivity contribution is 5.27. The molecule has 1 aromatic carbocycles. The molecule has 5 heteroatoms. The van der Waals surface area contributed by atoms with Crippen LogP contribution in [0.25, 0.3) is 0 Å². The summed E-state index contributed by atoms with van der Waals surface area (Å²) in [6, 6.07) is 8.10. The van der Waals surface area contributed by atoms with Crippen LogP contribution in [0.1, 0.15) is 25.2 Å². The van der Waals surface area contributed by atoms with Crippen LogP contribution in [0.4, 0.5) is 0 Å². The molecule has 0 atom stereocenters. The first-order chi connectivity index (χ1) is 8.74. The van der Waals surface area contributed by atoms with Crippen LogP contribution < -0.4 is 10.1 Å². The van der Waals surface area contributed by atoms with Crippen molar-refractivity contribution >= 4 is 0 Å². The van der Waals surface area contributed by atoms with Crippen molar-refractivity contribution in [2.75, 3.05) is 0 Å². The molecule has 0 radical (unpaired) electrons. The van der Waals surface area contributed by atoms with E-state index in [4.69, 9.17) is 4.74 Å². The monoisotopic (exact) mass is 246 g/mol. The van der Waals surface area contributed by atoms with Crippen LogP contribution in [0.3, 0.4) is 0 Å². The number of benzene rings is 1. The van der Waals surface area contributed by atoms with E-state index >= 15 is 0 Å². The van der Waals surface area contributed by atoms with Gasteiger partial charge in [-0.25, -0.2) is 4.98 Å². The van der Waals surface area contributed by atoms with Gasteiger partial charge in [-0.1, -0.05) is 12.1 Å². The smallest absolute Gasteiger partial charge is 0.138 e. The molecule has 18 heavy (non-hydrogen) atoms. The molecule has 1 aromatic heterocycles. The maximum Gasteiger partial charge on any atom is 0.138 e. The van der Waals surface area contributed by atoms with Crippen LogP contribution >= 0.6 is 0 Å². The molecular formula is C13H18N4O. The number of rotatable bonds is 6. The van der Waals surface area contributed by atoms with Gasteiger partial charge in [0.1, 0.15) is 17.9 Å². The van der Waals surface area contributed by atoms with E-state index in [1.54, 1.807) is 0 Å². The molecule has 2 rings (SSSR count). The lowest BCUT2D eigenvalue weighted by Crippen LogP contribution is -2.13. The van der Waals surface area contributed by atoms with Gasteiger partial charge in [0.05, 0.1) is 12.6 Å². The van der Waals surface area contributed by atoms with E-state index in [2.05, 4.69) is 32.6 Å². The second-order valence-corrected chi connectivity index (χ2v) is 4.35. The fraction of sp³-hybridized carbons (Fsp3) is 0.385. The van der Waals surface area contributed by atoms with Crippen LogP contribution in [0.5, 0.6) is 5.75 Å². The fourth-order valence-corrected chi connectivity index (χ4v) is 1.60. The van der Waals surface area contributed by atoms with Crippen molar-refractivity contribution in [1.29, 1.82) is 0 Å². The summed E-state index contributed by atoms with van der Waals surface area (Å²) < 4.78 is 5.59. The number of hydrogen-bond donors (Lipinski definition) is 2. The van der Waals surface area contributed by atoms with Crippen molar-refractivity contribution in [2.24, 2.45) is 0 Å². The van der Waals surface area contributed by atoms with Crippen LogP contribution in [0, 0.1) is 0 Å². The van der Waals surface area contributed by atoms with Gasteiger partial charge in [0.2, 0.25) is 0 Å². The van der Waals surface area contributed by atoms with Gasteiger partial charge in [-0.05, 0) is 31.5 Å². The summed E-state index contributed by atoms with van der Waals surface area (Å²) in [5.74, 6) is 1.75. The van der Waals surface area contributed by atoms with Gasteiger partial charge in [0, 0.05) is 6.54 Å². The Morgan fingerprint density at radius 2 is 2.00 bits per heavy atom. The Morgan fingerprint density at radius 3 is 2.61 bits per heavy atom. The first kappa shape index (κ1) is 12.6. The van der Waals surface area contributed by atoms with E-state index in [1.165, 1.54) is 11.9 Å². The summed E-state index contributed by atoms with van der Waals surface area (Å²) in [5, 5.41) is 9.89. The summed E-state index contributed by atoms with van der Waals surface area (Å²) in [7, 11) is 0. The first-order valence-electron chi connectivity index (χ1n) is 6.04. The molecule has 0 aliphatic heterocycles. The summed E-state index contributed by atoms with van der Waals surface area (Å²) in [5.41, 5.74) is 1.21. The molecule has 0 unspecified atom stereocenters. The van der Waals surface area contributed by atoms with Crippen LogP contribution in [0.15, 0.2) is 30.6 Å². The number of hydrogen-bond acceptors (Lipinski definition) is 4. The normalized spacial score (nSPS) is 10.8. The maximum atomic E-state index is 5.59. The van der Waals surface area contributed by atoms with E-state index in [-0.39, 0.29) is 6.10 Å².